The maximum atomic E-state index is 15.0. The summed E-state index contributed by atoms with van der Waals surface area (Å²) >= 11 is 6.11. The molecule has 0 bridgehead atoms. The van der Waals surface area contributed by atoms with Crippen LogP contribution < -0.4 is 16.0 Å². The summed E-state index contributed by atoms with van der Waals surface area (Å²) in [5, 5.41) is 8.01. The van der Waals surface area contributed by atoms with E-state index in [0.717, 1.165) is 49.1 Å². The molecule has 4 aliphatic heterocycles. The fourth-order valence-corrected chi connectivity index (χ4v) is 14.9. The highest BCUT2D eigenvalue weighted by molar-refractivity contribution is 6.31. The molecule has 24 nitrogen and oxygen atoms in total. The van der Waals surface area contributed by atoms with Crippen LogP contribution in [-0.4, -0.2) is 251 Å². The van der Waals surface area contributed by atoms with E-state index in [0.29, 0.717) is 44.3 Å². The van der Waals surface area contributed by atoms with Crippen LogP contribution in [0.25, 0.3) is 0 Å². The molecule has 0 unspecified atom stereocenters. The molecule has 12 amide bonds. The molecule has 3 N–H and O–H groups in total. The molecule has 560 valence electrons. The Hall–Kier alpha value is -7.06. The number of likely N-dealkylation sites (N-methyl/N-ethyl adjacent to an activating group) is 6. The highest BCUT2D eigenvalue weighted by atomic mass is 35.5. The first-order chi connectivity index (χ1) is 46.8. The van der Waals surface area contributed by atoms with Crippen molar-refractivity contribution < 1.29 is 70.7 Å². The number of hydrogen-bond donors (Lipinski definition) is 3. The van der Waals surface area contributed by atoms with Gasteiger partial charge in [-0.1, -0.05) is 112 Å². The third-order valence-electron chi connectivity index (χ3n) is 21.4. The van der Waals surface area contributed by atoms with Gasteiger partial charge in [-0.05, 0) is 118 Å². The van der Waals surface area contributed by atoms with E-state index >= 15 is 0 Å². The number of halogens is 4. The van der Waals surface area contributed by atoms with E-state index in [1.165, 1.54) is 89.6 Å². The van der Waals surface area contributed by atoms with Crippen LogP contribution in [-0.2, 0) is 70.1 Å². The molecule has 1 aromatic carbocycles. The minimum atomic E-state index is -4.74. The highest BCUT2D eigenvalue weighted by Crippen LogP contribution is 2.37. The van der Waals surface area contributed by atoms with E-state index in [1.54, 1.807) is 25.7 Å². The van der Waals surface area contributed by atoms with Crippen molar-refractivity contribution in [2.45, 2.75) is 238 Å². The lowest BCUT2D eigenvalue weighted by molar-refractivity contribution is -0.160. The number of likely N-dealkylation sites (tertiary alicyclic amines) is 1. The number of carbonyl (C=O) groups is 12. The summed E-state index contributed by atoms with van der Waals surface area (Å²) in [7, 11) is 8.68. The van der Waals surface area contributed by atoms with Crippen LogP contribution in [0.2, 0.25) is 5.02 Å². The van der Waals surface area contributed by atoms with Gasteiger partial charge in [-0.2, -0.15) is 13.2 Å². The molecule has 0 aromatic heterocycles. The van der Waals surface area contributed by atoms with E-state index in [-0.39, 0.29) is 88.3 Å². The Morgan fingerprint density at radius 1 is 0.670 bits per heavy atom. The van der Waals surface area contributed by atoms with Gasteiger partial charge in [0.15, 0.2) is 0 Å². The summed E-state index contributed by atoms with van der Waals surface area (Å²) in [5.41, 5.74) is -0.995. The van der Waals surface area contributed by atoms with Gasteiger partial charge in [0.1, 0.15) is 54.4 Å². The van der Waals surface area contributed by atoms with Gasteiger partial charge < -0.3 is 60.0 Å². The number of benzene rings is 1. The second kappa shape index (κ2) is 35.7. The van der Waals surface area contributed by atoms with E-state index in [9.17, 15) is 70.7 Å². The summed E-state index contributed by atoms with van der Waals surface area (Å²) in [6.45, 7) is 16.9. The fraction of sp³-hybridized carbons (Fsp3) is 0.750. The van der Waals surface area contributed by atoms with Crippen molar-refractivity contribution in [3.05, 3.63) is 34.3 Å². The van der Waals surface area contributed by atoms with Gasteiger partial charge in [0.2, 0.25) is 70.9 Å². The van der Waals surface area contributed by atoms with Gasteiger partial charge in [-0.3, -0.25) is 57.5 Å². The van der Waals surface area contributed by atoms with Crippen LogP contribution in [0.4, 0.5) is 13.2 Å². The second-order valence-electron chi connectivity index (χ2n) is 30.3. The standard InChI is InChI=1S/C72H112ClF3N12O12/c1-16-45(6)60-69(99)81(11)46(7)64(94)88-35-31-53(88)67(97)83(13)55(39-47-23-18-17-19-24-47)66(96)80(10)41-57(89)78-51(30-28-48-27-29-49(50(73)38-48)72(74,75)76)65(95)87-34-22-25-52(87)62(92)77-33-21-20-26-58(90)85(15)61(44(4)5)70(100)84(14)56(68(98)86-36-32-71(8,9)42-86)40-59(91)82(12)54(37-43(2)3)63(93)79-60/h27,29,38,43-47,51-56,60-61H,16-26,28,30-37,39-42H2,1-15H3,(H,77,92)(H,78,89)(H,79,93)/t45-,46-,51-,52-,53-,54-,55-,56-,60-,61-/m0/s1. The molecule has 28 heteroatoms. The minimum Gasteiger partial charge on any atom is -0.354 e. The third kappa shape index (κ3) is 20.6. The van der Waals surface area contributed by atoms with E-state index < -0.39 is 167 Å². The van der Waals surface area contributed by atoms with Gasteiger partial charge in [0.05, 0.1) is 23.6 Å². The summed E-state index contributed by atoms with van der Waals surface area (Å²) < 4.78 is 41.3. The molecule has 0 radical (unpaired) electrons. The minimum absolute atomic E-state index is 0.0314. The largest absolute Gasteiger partial charge is 0.417 e. The monoisotopic (exact) mass is 1430 g/mol. The van der Waals surface area contributed by atoms with E-state index in [4.69, 9.17) is 11.6 Å². The molecule has 1 aromatic rings. The Morgan fingerprint density at radius 3 is 1.91 bits per heavy atom. The van der Waals surface area contributed by atoms with Gasteiger partial charge in [0, 0.05) is 81.4 Å². The van der Waals surface area contributed by atoms with E-state index in [1.807, 2.05) is 34.6 Å². The summed E-state index contributed by atoms with van der Waals surface area (Å²) in [6, 6.07) is -7.31. The molecule has 0 spiro atoms. The number of alkyl halides is 3. The van der Waals surface area contributed by atoms with Crippen molar-refractivity contribution in [1.82, 2.24) is 60.0 Å². The quantitative estimate of drug-likeness (QED) is 0.226. The molecule has 1 aliphatic carbocycles. The van der Waals surface area contributed by atoms with Crippen LogP contribution in [0, 0.1) is 29.1 Å². The Bertz CT molecular complexity index is 3130. The molecular formula is C72H112ClF3N12O12. The lowest BCUT2D eigenvalue weighted by Gasteiger charge is -2.45. The Kier molecular flexibility index (Phi) is 29.2. The SMILES string of the molecule is CC[C@H](C)[C@@H]1NC(=O)[C@H](CC(C)C)N(C)C(=O)C[C@@H](C(=O)N2CCC(C)(C)C2)N(C)C(=O)[C@H](C(C)C)N(C)C(=O)CCCCNC(=O)[C@@H]2CCCN2C(=O)[C@H](CCc2ccc(C(F)(F)F)c(Cl)c2)NC(=O)CN(C)C(=O)[C@H](CC2CCCCC2)N(C)C(=O)[C@@H]2CCN2C(=O)[C@H](C)N(C)C1=O. The average molecular weight is 1430 g/mol. The van der Waals surface area contributed by atoms with E-state index in [2.05, 4.69) is 16.0 Å². The first kappa shape index (κ1) is 81.9. The lowest BCUT2D eigenvalue weighted by atomic mass is 9.84. The van der Waals surface area contributed by atoms with Crippen molar-refractivity contribution in [2.75, 3.05) is 81.6 Å². The van der Waals surface area contributed by atoms with Crippen molar-refractivity contribution in [2.24, 2.45) is 29.1 Å². The van der Waals surface area contributed by atoms with Crippen LogP contribution in [0.15, 0.2) is 18.2 Å². The number of hydrogen-bond acceptors (Lipinski definition) is 12. The van der Waals surface area contributed by atoms with Crippen LogP contribution in [0.1, 0.15) is 183 Å². The third-order valence-corrected chi connectivity index (χ3v) is 21.8. The predicted molar refractivity (Wildman–Crippen MR) is 371 cm³/mol. The number of carbonyl (C=O) groups excluding carboxylic acids is 12. The Balaban J connectivity index is 1.35. The highest BCUT2D eigenvalue weighted by Gasteiger charge is 2.48. The molecule has 5 aliphatic rings. The molecule has 1 saturated carbocycles. The Labute approximate surface area is 594 Å². The first-order valence-corrected chi connectivity index (χ1v) is 36.4. The number of aryl methyl sites for hydroxylation is 1. The lowest BCUT2D eigenvalue weighted by Crippen LogP contribution is -2.65. The molecule has 4 saturated heterocycles. The van der Waals surface area contributed by atoms with Gasteiger partial charge >= 0.3 is 6.18 Å². The zero-order valence-electron chi connectivity index (χ0n) is 61.6. The zero-order valence-corrected chi connectivity index (χ0v) is 62.4. The summed E-state index contributed by atoms with van der Waals surface area (Å²) in [6.07, 6.45) is 1.79. The normalized spacial score (nSPS) is 27.4. The molecule has 6 rings (SSSR count). The second-order valence-corrected chi connectivity index (χ2v) is 30.7. The van der Waals surface area contributed by atoms with Crippen molar-refractivity contribution in [3.8, 4) is 0 Å². The number of nitrogens with one attached hydrogen (secondary N) is 3. The number of amides is 12. The maximum Gasteiger partial charge on any atom is 0.417 e. The smallest absolute Gasteiger partial charge is 0.354 e. The van der Waals surface area contributed by atoms with Gasteiger partial charge in [-0.15, -0.1) is 0 Å². The number of fused-ring (bicyclic) bond motifs is 2. The molecule has 4 heterocycles. The predicted octanol–water partition coefficient (Wildman–Crippen LogP) is 6.13. The molecule has 100 heavy (non-hydrogen) atoms. The molecule has 5 fully saturated rings. The Morgan fingerprint density at radius 2 is 1.33 bits per heavy atom. The number of rotatable bonds is 11. The van der Waals surface area contributed by atoms with Gasteiger partial charge in [-0.25, -0.2) is 0 Å². The van der Waals surface area contributed by atoms with Gasteiger partial charge in [0.25, 0.3) is 0 Å². The number of nitrogens with zero attached hydrogens (tertiary/aromatic N) is 9. The molecular weight excluding hydrogens is 1320 g/mol. The van der Waals surface area contributed by atoms with Crippen LogP contribution >= 0.6 is 11.6 Å². The summed E-state index contributed by atoms with van der Waals surface area (Å²) in [5.74, 6) is -8.14. The van der Waals surface area contributed by atoms with Crippen molar-refractivity contribution >= 4 is 82.5 Å². The topological polar surface area (TPSA) is 270 Å². The average Bonchev–Trinajstić information content (AvgIpc) is 1.73. The maximum absolute atomic E-state index is 15.0. The van der Waals surface area contributed by atoms with Crippen molar-refractivity contribution in [3.63, 3.8) is 0 Å². The zero-order chi connectivity index (χ0) is 74.6. The summed E-state index contributed by atoms with van der Waals surface area (Å²) in [4.78, 5) is 188. The van der Waals surface area contributed by atoms with Crippen LogP contribution in [0.5, 0.6) is 0 Å². The molecule has 10 atom stereocenters. The first-order valence-electron chi connectivity index (χ1n) is 36.0. The van der Waals surface area contributed by atoms with Crippen LogP contribution in [0.3, 0.4) is 0 Å². The van der Waals surface area contributed by atoms with Crippen molar-refractivity contribution in [1.29, 1.82) is 0 Å². The fourth-order valence-electron chi connectivity index (χ4n) is 14.6.